The van der Waals surface area contributed by atoms with Gasteiger partial charge in [0.25, 0.3) is 0 Å². The summed E-state index contributed by atoms with van der Waals surface area (Å²) < 4.78 is 0. The standard InChI is InChI=1S/C15H17NO2/c17-14-8-4-7-13(9-14)15(18)11-16-10-12-5-2-1-3-6-12/h1-9,15-18H,10-11H2/t15-/m0/s1. The molecule has 0 spiro atoms. The van der Waals surface area contributed by atoms with E-state index in [1.807, 2.05) is 30.3 Å². The van der Waals surface area contributed by atoms with E-state index in [1.165, 1.54) is 5.56 Å². The summed E-state index contributed by atoms with van der Waals surface area (Å²) >= 11 is 0. The fourth-order valence-electron chi connectivity index (χ4n) is 1.80. The summed E-state index contributed by atoms with van der Waals surface area (Å²) in [5, 5.41) is 22.5. The molecule has 0 aliphatic heterocycles. The lowest BCUT2D eigenvalue weighted by Crippen LogP contribution is -2.20. The monoisotopic (exact) mass is 243 g/mol. The third-order valence-electron chi connectivity index (χ3n) is 2.76. The van der Waals surface area contributed by atoms with Crippen LogP contribution in [0.25, 0.3) is 0 Å². The average molecular weight is 243 g/mol. The van der Waals surface area contributed by atoms with E-state index >= 15 is 0 Å². The largest absolute Gasteiger partial charge is 0.508 e. The van der Waals surface area contributed by atoms with E-state index in [0.29, 0.717) is 6.54 Å². The third kappa shape index (κ3) is 3.58. The molecule has 3 heteroatoms. The highest BCUT2D eigenvalue weighted by Gasteiger charge is 2.07. The van der Waals surface area contributed by atoms with Gasteiger partial charge >= 0.3 is 0 Å². The van der Waals surface area contributed by atoms with Gasteiger partial charge in [0.05, 0.1) is 6.10 Å². The number of hydrogen-bond donors (Lipinski definition) is 3. The van der Waals surface area contributed by atoms with Gasteiger partial charge in [-0.05, 0) is 23.3 Å². The molecule has 94 valence electrons. The van der Waals surface area contributed by atoms with E-state index in [4.69, 9.17) is 0 Å². The molecule has 0 unspecified atom stereocenters. The number of rotatable bonds is 5. The zero-order valence-electron chi connectivity index (χ0n) is 10.1. The molecule has 0 fully saturated rings. The number of benzene rings is 2. The number of aliphatic hydroxyl groups excluding tert-OH is 1. The van der Waals surface area contributed by atoms with Crippen LogP contribution in [0.4, 0.5) is 0 Å². The van der Waals surface area contributed by atoms with Crippen molar-refractivity contribution in [2.45, 2.75) is 12.6 Å². The second-order valence-electron chi connectivity index (χ2n) is 4.23. The maximum atomic E-state index is 9.95. The Kier molecular flexibility index (Phi) is 4.34. The molecule has 0 bridgehead atoms. The number of aromatic hydroxyl groups is 1. The van der Waals surface area contributed by atoms with Gasteiger partial charge in [0.2, 0.25) is 0 Å². The van der Waals surface area contributed by atoms with Gasteiger partial charge < -0.3 is 15.5 Å². The second kappa shape index (κ2) is 6.19. The summed E-state index contributed by atoms with van der Waals surface area (Å²) in [7, 11) is 0. The first kappa shape index (κ1) is 12.6. The molecule has 0 saturated heterocycles. The van der Waals surface area contributed by atoms with Crippen LogP contribution in [0, 0.1) is 0 Å². The molecule has 3 nitrogen and oxygen atoms in total. The summed E-state index contributed by atoms with van der Waals surface area (Å²) in [4.78, 5) is 0. The van der Waals surface area contributed by atoms with Crippen LogP contribution in [0.2, 0.25) is 0 Å². The van der Waals surface area contributed by atoms with Crippen LogP contribution < -0.4 is 5.32 Å². The Hall–Kier alpha value is -1.84. The molecule has 2 aromatic rings. The van der Waals surface area contributed by atoms with Gasteiger partial charge in [-0.1, -0.05) is 42.5 Å². The molecule has 18 heavy (non-hydrogen) atoms. The zero-order valence-corrected chi connectivity index (χ0v) is 10.1. The lowest BCUT2D eigenvalue weighted by molar-refractivity contribution is 0.174. The normalized spacial score (nSPS) is 12.3. The predicted octanol–water partition coefficient (Wildman–Crippen LogP) is 2.22. The maximum absolute atomic E-state index is 9.95. The third-order valence-corrected chi connectivity index (χ3v) is 2.76. The molecule has 0 heterocycles. The summed E-state index contributed by atoms with van der Waals surface area (Å²) in [6.07, 6.45) is -0.610. The first-order valence-electron chi connectivity index (χ1n) is 5.97. The Labute approximate surface area is 107 Å². The van der Waals surface area contributed by atoms with Gasteiger partial charge in [0.1, 0.15) is 5.75 Å². The van der Waals surface area contributed by atoms with Crippen molar-refractivity contribution in [3.63, 3.8) is 0 Å². The molecule has 2 aromatic carbocycles. The lowest BCUT2D eigenvalue weighted by atomic mass is 10.1. The van der Waals surface area contributed by atoms with E-state index in [9.17, 15) is 10.2 Å². The minimum Gasteiger partial charge on any atom is -0.508 e. The Morgan fingerprint density at radius 3 is 2.50 bits per heavy atom. The quantitative estimate of drug-likeness (QED) is 0.754. The average Bonchev–Trinajstić information content (AvgIpc) is 2.40. The Bertz CT molecular complexity index is 485. The number of nitrogens with one attached hydrogen (secondary N) is 1. The van der Waals surface area contributed by atoms with Crippen LogP contribution in [-0.2, 0) is 6.54 Å². The van der Waals surface area contributed by atoms with Gasteiger partial charge in [-0.25, -0.2) is 0 Å². The van der Waals surface area contributed by atoms with E-state index in [1.54, 1.807) is 24.3 Å². The molecule has 0 radical (unpaired) electrons. The van der Waals surface area contributed by atoms with E-state index in [0.717, 1.165) is 12.1 Å². The smallest absolute Gasteiger partial charge is 0.115 e. The maximum Gasteiger partial charge on any atom is 0.115 e. The van der Waals surface area contributed by atoms with Crippen molar-refractivity contribution in [3.8, 4) is 5.75 Å². The van der Waals surface area contributed by atoms with E-state index in [2.05, 4.69) is 5.32 Å². The summed E-state index contributed by atoms with van der Waals surface area (Å²) in [5.74, 6) is 0.176. The van der Waals surface area contributed by atoms with Crippen LogP contribution >= 0.6 is 0 Å². The molecule has 0 saturated carbocycles. The molecule has 1 atom stereocenters. The Morgan fingerprint density at radius 2 is 1.78 bits per heavy atom. The van der Waals surface area contributed by atoms with Gasteiger partial charge in [-0.3, -0.25) is 0 Å². The molecular weight excluding hydrogens is 226 g/mol. The predicted molar refractivity (Wildman–Crippen MR) is 71.2 cm³/mol. The van der Waals surface area contributed by atoms with Crippen molar-refractivity contribution < 1.29 is 10.2 Å². The van der Waals surface area contributed by atoms with Gasteiger partial charge in [-0.2, -0.15) is 0 Å². The minimum absolute atomic E-state index is 0.176. The molecular formula is C15H17NO2. The highest BCUT2D eigenvalue weighted by molar-refractivity contribution is 5.28. The van der Waals surface area contributed by atoms with Gasteiger partial charge in [0, 0.05) is 13.1 Å². The molecule has 3 N–H and O–H groups in total. The fourth-order valence-corrected chi connectivity index (χ4v) is 1.80. The van der Waals surface area contributed by atoms with Crippen molar-refractivity contribution in [3.05, 3.63) is 65.7 Å². The number of hydrogen-bond acceptors (Lipinski definition) is 3. The molecule has 0 aromatic heterocycles. The molecule has 0 aliphatic carbocycles. The summed E-state index contributed by atoms with van der Waals surface area (Å²) in [6.45, 7) is 1.18. The number of phenolic OH excluding ortho intramolecular Hbond substituents is 1. The molecule has 0 amide bonds. The van der Waals surface area contributed by atoms with Crippen molar-refractivity contribution in [1.82, 2.24) is 5.32 Å². The summed E-state index contributed by atoms with van der Waals surface area (Å²) in [5.41, 5.74) is 1.90. The fraction of sp³-hybridized carbons (Fsp3) is 0.200. The highest BCUT2D eigenvalue weighted by Crippen LogP contribution is 2.17. The van der Waals surface area contributed by atoms with Crippen molar-refractivity contribution in [1.29, 1.82) is 0 Å². The van der Waals surface area contributed by atoms with E-state index < -0.39 is 6.10 Å². The van der Waals surface area contributed by atoms with Gasteiger partial charge in [0.15, 0.2) is 0 Å². The second-order valence-corrected chi connectivity index (χ2v) is 4.23. The molecule has 0 aliphatic rings. The van der Waals surface area contributed by atoms with Crippen LogP contribution in [0.1, 0.15) is 17.2 Å². The first-order valence-corrected chi connectivity index (χ1v) is 5.97. The number of aliphatic hydroxyl groups is 1. The highest BCUT2D eigenvalue weighted by atomic mass is 16.3. The van der Waals surface area contributed by atoms with Crippen molar-refractivity contribution >= 4 is 0 Å². The SMILES string of the molecule is Oc1cccc([C@@H](O)CNCc2ccccc2)c1. The van der Waals surface area contributed by atoms with Crippen LogP contribution in [0.3, 0.4) is 0 Å². The lowest BCUT2D eigenvalue weighted by Gasteiger charge is -2.12. The minimum atomic E-state index is -0.610. The van der Waals surface area contributed by atoms with Crippen molar-refractivity contribution in [2.75, 3.05) is 6.54 Å². The van der Waals surface area contributed by atoms with Crippen molar-refractivity contribution in [2.24, 2.45) is 0 Å². The first-order chi connectivity index (χ1) is 8.75. The summed E-state index contributed by atoms with van der Waals surface area (Å²) in [6, 6.07) is 16.7. The van der Waals surface area contributed by atoms with Crippen LogP contribution in [0.5, 0.6) is 5.75 Å². The molecule has 2 rings (SSSR count). The topological polar surface area (TPSA) is 52.5 Å². The van der Waals surface area contributed by atoms with Crippen LogP contribution in [0.15, 0.2) is 54.6 Å². The zero-order chi connectivity index (χ0) is 12.8. The van der Waals surface area contributed by atoms with Gasteiger partial charge in [-0.15, -0.1) is 0 Å². The Balaban J connectivity index is 1.83. The Morgan fingerprint density at radius 1 is 1.00 bits per heavy atom. The van der Waals surface area contributed by atoms with Crippen LogP contribution in [-0.4, -0.2) is 16.8 Å². The van der Waals surface area contributed by atoms with E-state index in [-0.39, 0.29) is 5.75 Å². The number of phenols is 1.